The van der Waals surface area contributed by atoms with Crippen molar-refractivity contribution in [2.24, 2.45) is 17.3 Å². The van der Waals surface area contributed by atoms with Gasteiger partial charge in [-0.3, -0.25) is 9.59 Å². The summed E-state index contributed by atoms with van der Waals surface area (Å²) in [6, 6.07) is 5.88. The van der Waals surface area contributed by atoms with E-state index in [2.05, 4.69) is 4.98 Å². The zero-order chi connectivity index (χ0) is 25.9. The van der Waals surface area contributed by atoms with Gasteiger partial charge in [0.2, 0.25) is 0 Å². The molecule has 0 amide bonds. The molecule has 0 saturated heterocycles. The van der Waals surface area contributed by atoms with E-state index >= 15 is 0 Å². The van der Waals surface area contributed by atoms with Crippen LogP contribution in [0.4, 0.5) is 0 Å². The first-order valence-electron chi connectivity index (χ1n) is 12.2. The summed E-state index contributed by atoms with van der Waals surface area (Å²) in [6.45, 7) is 10.8. The molecular formula is C28H37NO5S. The summed E-state index contributed by atoms with van der Waals surface area (Å²) < 4.78 is 6.92. The average Bonchev–Trinajstić information content (AvgIpc) is 3.18. The van der Waals surface area contributed by atoms with Crippen LogP contribution in [-0.2, 0) is 14.3 Å². The zero-order valence-electron chi connectivity index (χ0n) is 21.4. The molecule has 7 heteroatoms. The van der Waals surface area contributed by atoms with Crippen molar-refractivity contribution in [3.63, 3.8) is 0 Å². The summed E-state index contributed by atoms with van der Waals surface area (Å²) in [7, 11) is 0. The van der Waals surface area contributed by atoms with E-state index in [0.29, 0.717) is 12.8 Å². The van der Waals surface area contributed by atoms with Crippen LogP contribution in [0, 0.1) is 24.2 Å². The van der Waals surface area contributed by atoms with E-state index in [4.69, 9.17) is 4.74 Å². The number of nitrogens with zero attached hydrogens (tertiary/aromatic N) is 1. The van der Waals surface area contributed by atoms with Gasteiger partial charge < -0.3 is 14.9 Å². The van der Waals surface area contributed by atoms with Crippen LogP contribution in [0.1, 0.15) is 70.6 Å². The third-order valence-electron chi connectivity index (χ3n) is 7.04. The first kappa shape index (κ1) is 27.2. The Morgan fingerprint density at radius 2 is 1.83 bits per heavy atom. The molecule has 0 saturated carbocycles. The van der Waals surface area contributed by atoms with Crippen molar-refractivity contribution in [3.05, 3.63) is 52.6 Å². The summed E-state index contributed by atoms with van der Waals surface area (Å²) >= 11 is 1.61. The van der Waals surface area contributed by atoms with E-state index in [9.17, 15) is 19.8 Å². The monoisotopic (exact) mass is 499 g/mol. The van der Waals surface area contributed by atoms with Crippen molar-refractivity contribution in [1.29, 1.82) is 0 Å². The van der Waals surface area contributed by atoms with Crippen LogP contribution in [0.3, 0.4) is 0 Å². The largest absolute Gasteiger partial charge is 0.457 e. The van der Waals surface area contributed by atoms with E-state index in [-0.39, 0.29) is 18.1 Å². The number of fused-ring (bicyclic) bond motifs is 1. The standard InChI is InChI=1S/C28H37NO5S/c1-16-8-7-9-17(2)26(32)18(3)27(33)28(5,6)24(30)15-25(31)34-22(12-10-16)20-11-13-23-21(14-20)29-19(4)35-23/h7-8,10-11,13-14,17-18,22,24,26,30,32H,9,12,15H2,1-6H3/t17-,18+,22-,24-,26-/m0/s1. The second kappa shape index (κ2) is 11.1. The molecule has 0 radical (unpaired) electrons. The highest BCUT2D eigenvalue weighted by molar-refractivity contribution is 7.18. The number of aryl methyl sites for hydroxylation is 1. The van der Waals surface area contributed by atoms with Crippen molar-refractivity contribution in [2.45, 2.75) is 79.1 Å². The molecule has 2 N–H and O–H groups in total. The maximum absolute atomic E-state index is 13.2. The number of rotatable bonds is 1. The number of benzene rings is 1. The Bertz CT molecular complexity index is 1130. The molecule has 0 fully saturated rings. The van der Waals surface area contributed by atoms with Crippen LogP contribution in [0.25, 0.3) is 10.2 Å². The van der Waals surface area contributed by atoms with Crippen LogP contribution < -0.4 is 0 Å². The summed E-state index contributed by atoms with van der Waals surface area (Å²) in [4.78, 5) is 30.7. The number of hydrogen-bond acceptors (Lipinski definition) is 7. The Kier molecular flexibility index (Phi) is 8.67. The molecule has 5 atom stereocenters. The molecule has 2 aromatic rings. The molecule has 190 valence electrons. The van der Waals surface area contributed by atoms with Gasteiger partial charge in [-0.15, -0.1) is 11.3 Å². The Hall–Kier alpha value is -2.35. The Morgan fingerprint density at radius 1 is 1.11 bits per heavy atom. The van der Waals surface area contributed by atoms with Gasteiger partial charge in [0.05, 0.1) is 39.3 Å². The third kappa shape index (κ3) is 6.46. The lowest BCUT2D eigenvalue weighted by atomic mass is 9.73. The highest BCUT2D eigenvalue weighted by Gasteiger charge is 2.42. The van der Waals surface area contributed by atoms with E-state index in [1.54, 1.807) is 32.1 Å². The molecule has 0 aliphatic carbocycles. The summed E-state index contributed by atoms with van der Waals surface area (Å²) in [5.74, 6) is -1.66. The highest BCUT2D eigenvalue weighted by Crippen LogP contribution is 2.33. The number of allylic oxidation sites excluding steroid dienone is 3. The smallest absolute Gasteiger partial charge is 0.309 e. The van der Waals surface area contributed by atoms with Crippen molar-refractivity contribution in [1.82, 2.24) is 4.98 Å². The number of thiazole rings is 1. The molecule has 0 bridgehead atoms. The van der Waals surface area contributed by atoms with E-state index < -0.39 is 35.6 Å². The van der Waals surface area contributed by atoms with Crippen molar-refractivity contribution < 1.29 is 24.5 Å². The number of cyclic esters (lactones) is 1. The van der Waals surface area contributed by atoms with E-state index in [1.165, 1.54) is 0 Å². The minimum Gasteiger partial charge on any atom is -0.457 e. The number of carbonyl (C=O) groups excluding carboxylic acids is 2. The average molecular weight is 500 g/mol. The third-order valence-corrected chi connectivity index (χ3v) is 8.00. The lowest BCUT2D eigenvalue weighted by molar-refractivity contribution is -0.155. The number of aromatic nitrogens is 1. The quantitative estimate of drug-likeness (QED) is 0.506. The highest BCUT2D eigenvalue weighted by atomic mass is 32.1. The van der Waals surface area contributed by atoms with Gasteiger partial charge in [-0.2, -0.15) is 0 Å². The fourth-order valence-corrected chi connectivity index (χ4v) is 5.31. The topological polar surface area (TPSA) is 96.7 Å². The maximum Gasteiger partial charge on any atom is 0.309 e. The molecule has 0 unspecified atom stereocenters. The molecule has 35 heavy (non-hydrogen) atoms. The summed E-state index contributed by atoms with van der Waals surface area (Å²) in [5.41, 5.74) is 1.49. The molecule has 1 aromatic heterocycles. The van der Waals surface area contributed by atoms with Gasteiger partial charge in [0.25, 0.3) is 0 Å². The lowest BCUT2D eigenvalue weighted by Gasteiger charge is -2.34. The normalized spacial score (nSPS) is 29.1. The number of ether oxygens (including phenoxy) is 1. The Morgan fingerprint density at radius 3 is 2.54 bits per heavy atom. The van der Waals surface area contributed by atoms with Gasteiger partial charge in [-0.05, 0) is 43.9 Å². The summed E-state index contributed by atoms with van der Waals surface area (Å²) in [5, 5.41) is 22.6. The molecule has 6 nitrogen and oxygen atoms in total. The number of hydrogen-bond donors (Lipinski definition) is 2. The Labute approximate surface area is 211 Å². The predicted molar refractivity (Wildman–Crippen MR) is 139 cm³/mol. The van der Waals surface area contributed by atoms with Crippen molar-refractivity contribution >= 4 is 33.3 Å². The fourth-order valence-electron chi connectivity index (χ4n) is 4.50. The molecule has 1 aromatic carbocycles. The van der Waals surface area contributed by atoms with Crippen LogP contribution in [0.2, 0.25) is 0 Å². The molecular weight excluding hydrogens is 462 g/mol. The van der Waals surface area contributed by atoms with Crippen LogP contribution in [0.15, 0.2) is 42.0 Å². The molecule has 2 heterocycles. The SMILES string of the molecule is CC1=CC[C@@H](c2ccc3sc(C)nc3c2)OC(=O)C[C@H](O)C(C)(C)C(=O)[C@H](C)[C@@H](O)[C@@H](C)CC=C1. The number of aliphatic hydroxyl groups is 2. The maximum atomic E-state index is 13.2. The van der Waals surface area contributed by atoms with E-state index in [0.717, 1.165) is 26.4 Å². The van der Waals surface area contributed by atoms with Gasteiger partial charge in [0.1, 0.15) is 11.9 Å². The molecule has 3 rings (SSSR count). The van der Waals surface area contributed by atoms with Gasteiger partial charge in [0, 0.05) is 12.3 Å². The second-order valence-corrected chi connectivity index (χ2v) is 11.6. The fraction of sp³-hybridized carbons (Fsp3) is 0.536. The number of esters is 1. The van der Waals surface area contributed by atoms with Crippen LogP contribution >= 0.6 is 11.3 Å². The number of Topliss-reactive ketones (excluding diaryl/α,β-unsaturated/α-hetero) is 1. The first-order chi connectivity index (χ1) is 16.4. The summed E-state index contributed by atoms with van der Waals surface area (Å²) in [6.07, 6.45) is 4.14. The number of ketones is 1. The number of carbonyl (C=O) groups is 2. The van der Waals surface area contributed by atoms with Crippen LogP contribution in [0.5, 0.6) is 0 Å². The minimum atomic E-state index is -1.23. The minimum absolute atomic E-state index is 0.134. The second-order valence-electron chi connectivity index (χ2n) is 10.3. The molecule has 0 spiro atoms. The predicted octanol–water partition coefficient (Wildman–Crippen LogP) is 5.46. The zero-order valence-corrected chi connectivity index (χ0v) is 22.3. The van der Waals surface area contributed by atoms with E-state index in [1.807, 2.05) is 57.2 Å². The van der Waals surface area contributed by atoms with Crippen molar-refractivity contribution in [3.8, 4) is 0 Å². The van der Waals surface area contributed by atoms with Gasteiger partial charge in [-0.25, -0.2) is 4.98 Å². The molecule has 1 aliphatic heterocycles. The molecule has 1 aliphatic rings. The Balaban J connectivity index is 1.95. The van der Waals surface area contributed by atoms with Crippen LogP contribution in [-0.4, -0.2) is 39.2 Å². The van der Waals surface area contributed by atoms with Gasteiger partial charge in [-0.1, -0.05) is 57.6 Å². The number of aliphatic hydroxyl groups excluding tert-OH is 2. The van der Waals surface area contributed by atoms with Crippen molar-refractivity contribution in [2.75, 3.05) is 0 Å². The lowest BCUT2D eigenvalue weighted by Crippen LogP contribution is -2.45. The van der Waals surface area contributed by atoms with Gasteiger partial charge >= 0.3 is 5.97 Å². The van der Waals surface area contributed by atoms with Gasteiger partial charge in [0.15, 0.2) is 0 Å². The first-order valence-corrected chi connectivity index (χ1v) is 13.0.